The zero-order chi connectivity index (χ0) is 13.8. The van der Waals surface area contributed by atoms with Gasteiger partial charge in [0.05, 0.1) is 0 Å². The van der Waals surface area contributed by atoms with Crippen molar-refractivity contribution in [2.75, 3.05) is 6.61 Å². The quantitative estimate of drug-likeness (QED) is 0.788. The van der Waals surface area contributed by atoms with Crippen LogP contribution in [0.25, 0.3) is 0 Å². The monoisotopic (exact) mass is 262 g/mol. The van der Waals surface area contributed by atoms with Crippen molar-refractivity contribution in [2.24, 2.45) is 0 Å². The average Bonchev–Trinajstić information content (AvgIpc) is 2.37. The number of carbonyl (C=O) groups excluding carboxylic acids is 1. The maximum atomic E-state index is 13.0. The largest absolute Gasteiger partial charge is 0.485 e. The Labute approximate surface area is 109 Å². The van der Waals surface area contributed by atoms with Crippen LogP contribution in [-0.4, -0.2) is 12.4 Å². The molecule has 0 atom stereocenters. The first-order valence-corrected chi connectivity index (χ1v) is 5.74. The van der Waals surface area contributed by atoms with E-state index >= 15 is 0 Å². The topological polar surface area (TPSA) is 26.3 Å². The summed E-state index contributed by atoms with van der Waals surface area (Å²) in [7, 11) is 0. The number of halogens is 2. The first-order valence-electron chi connectivity index (χ1n) is 5.74. The SMILES string of the molecule is Cc1cc(F)ccc1OCC(=O)c1cccc(F)c1. The highest BCUT2D eigenvalue weighted by Crippen LogP contribution is 2.18. The molecular weight excluding hydrogens is 250 g/mol. The second-order valence-electron chi connectivity index (χ2n) is 4.13. The zero-order valence-corrected chi connectivity index (χ0v) is 10.3. The van der Waals surface area contributed by atoms with Crippen LogP contribution in [0, 0.1) is 18.6 Å². The van der Waals surface area contributed by atoms with Gasteiger partial charge in [-0.2, -0.15) is 0 Å². The first-order chi connectivity index (χ1) is 9.06. The van der Waals surface area contributed by atoms with E-state index in [-0.39, 0.29) is 23.8 Å². The molecule has 0 saturated carbocycles. The molecule has 0 aliphatic carbocycles. The number of ketones is 1. The Kier molecular flexibility index (Phi) is 3.90. The molecule has 2 rings (SSSR count). The highest BCUT2D eigenvalue weighted by atomic mass is 19.1. The van der Waals surface area contributed by atoms with Crippen molar-refractivity contribution in [3.05, 3.63) is 65.2 Å². The highest BCUT2D eigenvalue weighted by Gasteiger charge is 2.09. The highest BCUT2D eigenvalue weighted by molar-refractivity contribution is 5.97. The lowest BCUT2D eigenvalue weighted by Gasteiger charge is -2.08. The molecule has 2 aromatic rings. The molecule has 0 aliphatic heterocycles. The number of carbonyl (C=O) groups is 1. The Morgan fingerprint density at radius 3 is 2.53 bits per heavy atom. The van der Waals surface area contributed by atoms with Crippen molar-refractivity contribution in [3.63, 3.8) is 0 Å². The predicted molar refractivity (Wildman–Crippen MR) is 67.4 cm³/mol. The molecule has 2 aromatic carbocycles. The molecule has 0 aliphatic rings. The van der Waals surface area contributed by atoms with Gasteiger partial charge < -0.3 is 4.74 Å². The average molecular weight is 262 g/mol. The number of rotatable bonds is 4. The minimum absolute atomic E-state index is 0.212. The fourth-order valence-electron chi connectivity index (χ4n) is 1.66. The smallest absolute Gasteiger partial charge is 0.200 e. The summed E-state index contributed by atoms with van der Waals surface area (Å²) in [5.74, 6) is -0.723. The third kappa shape index (κ3) is 3.37. The standard InChI is InChI=1S/C15H12F2O2/c1-10-7-13(17)5-6-15(10)19-9-14(18)11-3-2-4-12(16)8-11/h2-8H,9H2,1H3. The van der Waals surface area contributed by atoms with E-state index in [1.807, 2.05) is 0 Å². The van der Waals surface area contributed by atoms with E-state index in [2.05, 4.69) is 0 Å². The number of aryl methyl sites for hydroxylation is 1. The Morgan fingerprint density at radius 2 is 1.84 bits per heavy atom. The van der Waals surface area contributed by atoms with Gasteiger partial charge in [-0.1, -0.05) is 12.1 Å². The van der Waals surface area contributed by atoms with Gasteiger partial charge in [-0.3, -0.25) is 4.79 Å². The van der Waals surface area contributed by atoms with Gasteiger partial charge in [0.25, 0.3) is 0 Å². The van der Waals surface area contributed by atoms with Gasteiger partial charge >= 0.3 is 0 Å². The molecule has 0 saturated heterocycles. The lowest BCUT2D eigenvalue weighted by molar-refractivity contribution is 0.0920. The van der Waals surface area contributed by atoms with Gasteiger partial charge in [0.2, 0.25) is 0 Å². The van der Waals surface area contributed by atoms with Crippen LogP contribution in [0.15, 0.2) is 42.5 Å². The molecule has 0 spiro atoms. The van der Waals surface area contributed by atoms with Gasteiger partial charge in [0.1, 0.15) is 17.4 Å². The fourth-order valence-corrected chi connectivity index (χ4v) is 1.66. The molecule has 19 heavy (non-hydrogen) atoms. The van der Waals surface area contributed by atoms with Crippen LogP contribution in [-0.2, 0) is 0 Å². The number of hydrogen-bond acceptors (Lipinski definition) is 2. The lowest BCUT2D eigenvalue weighted by Crippen LogP contribution is -2.12. The number of hydrogen-bond donors (Lipinski definition) is 0. The molecule has 0 aromatic heterocycles. The van der Waals surface area contributed by atoms with E-state index in [1.54, 1.807) is 6.92 Å². The van der Waals surface area contributed by atoms with Crippen molar-refractivity contribution in [2.45, 2.75) is 6.92 Å². The van der Waals surface area contributed by atoms with Crippen LogP contribution in [0.2, 0.25) is 0 Å². The van der Waals surface area contributed by atoms with Gasteiger partial charge in [0.15, 0.2) is 12.4 Å². The molecule has 0 N–H and O–H groups in total. The summed E-state index contributed by atoms with van der Waals surface area (Å²) in [6.45, 7) is 1.47. The van der Waals surface area contributed by atoms with Crippen molar-refractivity contribution >= 4 is 5.78 Å². The van der Waals surface area contributed by atoms with Crippen LogP contribution >= 0.6 is 0 Å². The van der Waals surface area contributed by atoms with Crippen LogP contribution in [0.5, 0.6) is 5.75 Å². The van der Waals surface area contributed by atoms with Gasteiger partial charge in [-0.25, -0.2) is 8.78 Å². The Balaban J connectivity index is 2.04. The third-order valence-corrected chi connectivity index (χ3v) is 2.64. The lowest BCUT2D eigenvalue weighted by atomic mass is 10.1. The van der Waals surface area contributed by atoms with E-state index in [0.29, 0.717) is 11.3 Å². The van der Waals surface area contributed by atoms with Crippen LogP contribution in [0.3, 0.4) is 0 Å². The maximum Gasteiger partial charge on any atom is 0.200 e. The minimum Gasteiger partial charge on any atom is -0.485 e. The molecule has 0 fully saturated rings. The Morgan fingerprint density at radius 1 is 1.11 bits per heavy atom. The first kappa shape index (κ1) is 13.2. The third-order valence-electron chi connectivity index (χ3n) is 2.64. The summed E-state index contributed by atoms with van der Waals surface area (Å²) in [4.78, 5) is 11.8. The van der Waals surface area contributed by atoms with Gasteiger partial charge in [0, 0.05) is 5.56 Å². The Bertz CT molecular complexity index is 609. The molecule has 0 radical (unpaired) electrons. The summed E-state index contributed by atoms with van der Waals surface area (Å²) in [6, 6.07) is 9.45. The molecule has 2 nitrogen and oxygen atoms in total. The van der Waals surface area contributed by atoms with Crippen molar-refractivity contribution in [1.82, 2.24) is 0 Å². The zero-order valence-electron chi connectivity index (χ0n) is 10.3. The summed E-state index contributed by atoms with van der Waals surface area (Å²) in [6.07, 6.45) is 0. The van der Waals surface area contributed by atoms with Crippen molar-refractivity contribution in [1.29, 1.82) is 0 Å². The van der Waals surface area contributed by atoms with E-state index in [9.17, 15) is 13.6 Å². The molecule has 0 unspecified atom stereocenters. The van der Waals surface area contributed by atoms with Crippen LogP contribution in [0.1, 0.15) is 15.9 Å². The van der Waals surface area contributed by atoms with Crippen LogP contribution < -0.4 is 4.74 Å². The molecular formula is C15H12F2O2. The summed E-state index contributed by atoms with van der Waals surface area (Å²) in [5, 5.41) is 0. The van der Waals surface area contributed by atoms with Crippen molar-refractivity contribution in [3.8, 4) is 5.75 Å². The summed E-state index contributed by atoms with van der Waals surface area (Å²) < 4.78 is 31.2. The predicted octanol–water partition coefficient (Wildman–Crippen LogP) is 3.53. The molecule has 0 amide bonds. The van der Waals surface area contributed by atoms with Crippen molar-refractivity contribution < 1.29 is 18.3 Å². The molecule has 4 heteroatoms. The summed E-state index contributed by atoms with van der Waals surface area (Å²) >= 11 is 0. The summed E-state index contributed by atoms with van der Waals surface area (Å²) in [5.41, 5.74) is 0.854. The van der Waals surface area contributed by atoms with E-state index in [0.717, 1.165) is 6.07 Å². The van der Waals surface area contributed by atoms with Gasteiger partial charge in [-0.05, 0) is 42.8 Å². The van der Waals surface area contributed by atoms with Gasteiger partial charge in [-0.15, -0.1) is 0 Å². The second-order valence-corrected chi connectivity index (χ2v) is 4.13. The second kappa shape index (κ2) is 5.61. The van der Waals surface area contributed by atoms with Crippen LogP contribution in [0.4, 0.5) is 8.78 Å². The maximum absolute atomic E-state index is 13.0. The van der Waals surface area contributed by atoms with E-state index in [4.69, 9.17) is 4.74 Å². The normalized spacial score (nSPS) is 10.3. The molecule has 0 bridgehead atoms. The molecule has 98 valence electrons. The number of benzene rings is 2. The van der Waals surface area contributed by atoms with E-state index < -0.39 is 5.82 Å². The molecule has 0 heterocycles. The number of Topliss-reactive ketones (excluding diaryl/α,β-unsaturated/α-hetero) is 1. The Hall–Kier alpha value is -2.23. The number of ether oxygens (including phenoxy) is 1. The minimum atomic E-state index is -0.469. The fraction of sp³-hybridized carbons (Fsp3) is 0.133. The van der Waals surface area contributed by atoms with E-state index in [1.165, 1.54) is 36.4 Å².